The minimum absolute atomic E-state index is 1.04. The Bertz CT molecular complexity index is 101. The molecule has 0 N–H and O–H groups in total. The van der Waals surface area contributed by atoms with E-state index in [1.807, 2.05) is 11.8 Å². The smallest absolute Gasteiger partial charge is 0.124 e. The average Bonchev–Trinajstić information content (AvgIpc) is 1.90. The third kappa shape index (κ3) is 1.71. The first-order valence-electron chi connectivity index (χ1n) is 2.65. The summed E-state index contributed by atoms with van der Waals surface area (Å²) in [5, 5.41) is 0. The topological polar surface area (TPSA) is 12.4 Å². The summed E-state index contributed by atoms with van der Waals surface area (Å²) >= 11 is 3.63. The summed E-state index contributed by atoms with van der Waals surface area (Å²) in [5.74, 6) is 1.26. The fourth-order valence-corrected chi connectivity index (χ4v) is 2.14. The SMILES string of the molecule is CSC1=NCCCS1. The van der Waals surface area contributed by atoms with E-state index in [4.69, 9.17) is 0 Å². The van der Waals surface area contributed by atoms with E-state index in [-0.39, 0.29) is 0 Å². The normalized spacial score (nSPS) is 20.4. The lowest BCUT2D eigenvalue weighted by Gasteiger charge is -2.06. The Kier molecular flexibility index (Phi) is 2.76. The molecule has 1 nitrogen and oxygen atoms in total. The molecule has 0 unspecified atom stereocenters. The van der Waals surface area contributed by atoms with E-state index in [0.29, 0.717) is 0 Å². The molecule has 46 valence electrons. The van der Waals surface area contributed by atoms with Crippen molar-refractivity contribution in [3.63, 3.8) is 0 Å². The number of hydrogen-bond donors (Lipinski definition) is 0. The third-order valence-corrected chi connectivity index (χ3v) is 3.14. The molecule has 0 aromatic carbocycles. The molecule has 0 fully saturated rings. The highest BCUT2D eigenvalue weighted by molar-refractivity contribution is 8.38. The highest BCUT2D eigenvalue weighted by Gasteiger charge is 2.01. The Morgan fingerprint density at radius 2 is 2.62 bits per heavy atom. The van der Waals surface area contributed by atoms with Crippen LogP contribution in [-0.4, -0.2) is 22.9 Å². The number of rotatable bonds is 0. The molecule has 0 bridgehead atoms. The minimum Gasteiger partial charge on any atom is -0.272 e. The van der Waals surface area contributed by atoms with Gasteiger partial charge in [-0.05, 0) is 12.7 Å². The number of nitrogens with zero attached hydrogens (tertiary/aromatic N) is 1. The molecule has 0 atom stereocenters. The molecule has 1 rings (SSSR count). The van der Waals surface area contributed by atoms with Crippen molar-refractivity contribution in [2.75, 3.05) is 18.6 Å². The van der Waals surface area contributed by atoms with Crippen LogP contribution in [0.2, 0.25) is 0 Å². The van der Waals surface area contributed by atoms with Crippen LogP contribution in [0, 0.1) is 0 Å². The van der Waals surface area contributed by atoms with Gasteiger partial charge < -0.3 is 0 Å². The van der Waals surface area contributed by atoms with Crippen molar-refractivity contribution in [3.05, 3.63) is 0 Å². The molecule has 0 radical (unpaired) electrons. The van der Waals surface area contributed by atoms with Crippen LogP contribution in [0.25, 0.3) is 0 Å². The van der Waals surface area contributed by atoms with Crippen molar-refractivity contribution in [2.24, 2.45) is 4.99 Å². The number of thioether (sulfide) groups is 2. The van der Waals surface area contributed by atoms with Crippen LogP contribution in [0.1, 0.15) is 6.42 Å². The lowest BCUT2D eigenvalue weighted by Crippen LogP contribution is -1.98. The van der Waals surface area contributed by atoms with Gasteiger partial charge in [0.2, 0.25) is 0 Å². The standard InChI is InChI=1S/C5H9NS2/c1-7-5-6-3-2-4-8-5/h2-4H2,1H3. The zero-order chi connectivity index (χ0) is 5.82. The maximum absolute atomic E-state index is 4.29. The third-order valence-electron chi connectivity index (χ3n) is 0.944. The average molecular weight is 147 g/mol. The van der Waals surface area contributed by atoms with Crippen molar-refractivity contribution < 1.29 is 0 Å². The Balaban J connectivity index is 2.37. The van der Waals surface area contributed by atoms with E-state index >= 15 is 0 Å². The van der Waals surface area contributed by atoms with Crippen LogP contribution in [0.5, 0.6) is 0 Å². The van der Waals surface area contributed by atoms with E-state index in [0.717, 1.165) is 6.54 Å². The molecule has 1 aliphatic rings. The van der Waals surface area contributed by atoms with Crippen molar-refractivity contribution in [1.82, 2.24) is 0 Å². The highest BCUT2D eigenvalue weighted by atomic mass is 32.2. The van der Waals surface area contributed by atoms with Gasteiger partial charge in [-0.25, -0.2) is 0 Å². The van der Waals surface area contributed by atoms with Crippen LogP contribution >= 0.6 is 23.5 Å². The molecule has 8 heavy (non-hydrogen) atoms. The van der Waals surface area contributed by atoms with Gasteiger partial charge >= 0.3 is 0 Å². The van der Waals surface area contributed by atoms with Crippen LogP contribution in [0.15, 0.2) is 4.99 Å². The van der Waals surface area contributed by atoms with Gasteiger partial charge in [-0.2, -0.15) is 0 Å². The molecule has 1 heterocycles. The Morgan fingerprint density at radius 3 is 3.00 bits per heavy atom. The van der Waals surface area contributed by atoms with Gasteiger partial charge in [0.15, 0.2) is 0 Å². The quantitative estimate of drug-likeness (QED) is 0.518. The maximum Gasteiger partial charge on any atom is 0.124 e. The zero-order valence-corrected chi connectivity index (χ0v) is 6.52. The lowest BCUT2D eigenvalue weighted by molar-refractivity contribution is 0.942. The fourth-order valence-electron chi connectivity index (χ4n) is 0.563. The van der Waals surface area contributed by atoms with Crippen LogP contribution in [-0.2, 0) is 0 Å². The molecule has 0 saturated carbocycles. The first-order valence-corrected chi connectivity index (χ1v) is 4.86. The van der Waals surface area contributed by atoms with Gasteiger partial charge in [0.1, 0.15) is 4.38 Å². The van der Waals surface area contributed by atoms with Crippen molar-refractivity contribution in [1.29, 1.82) is 0 Å². The lowest BCUT2D eigenvalue weighted by atomic mass is 10.5. The van der Waals surface area contributed by atoms with Crippen molar-refractivity contribution >= 4 is 27.9 Å². The van der Waals surface area contributed by atoms with Crippen LogP contribution in [0.4, 0.5) is 0 Å². The van der Waals surface area contributed by atoms with Crippen molar-refractivity contribution in [3.8, 4) is 0 Å². The van der Waals surface area contributed by atoms with E-state index in [1.165, 1.54) is 16.5 Å². The molecule has 0 aromatic rings. The molecule has 1 aliphatic heterocycles. The van der Waals surface area contributed by atoms with Gasteiger partial charge in [-0.15, -0.1) is 11.8 Å². The number of hydrogen-bond acceptors (Lipinski definition) is 3. The second-order valence-corrected chi connectivity index (χ2v) is 3.69. The molecule has 0 spiro atoms. The van der Waals surface area contributed by atoms with Gasteiger partial charge in [-0.3, -0.25) is 4.99 Å². The summed E-state index contributed by atoms with van der Waals surface area (Å²) in [5.41, 5.74) is 0. The molecule has 0 aliphatic carbocycles. The molecular weight excluding hydrogens is 138 g/mol. The van der Waals surface area contributed by atoms with Gasteiger partial charge in [0.05, 0.1) is 0 Å². The zero-order valence-electron chi connectivity index (χ0n) is 4.89. The summed E-state index contributed by atoms with van der Waals surface area (Å²) < 4.78 is 1.26. The Labute approximate surface area is 58.3 Å². The monoisotopic (exact) mass is 147 g/mol. The molecule has 3 heteroatoms. The molecule has 0 saturated heterocycles. The van der Waals surface area contributed by atoms with E-state index < -0.39 is 0 Å². The molecular formula is C5H9NS2. The van der Waals surface area contributed by atoms with E-state index in [1.54, 1.807) is 11.8 Å². The first-order chi connectivity index (χ1) is 3.93. The summed E-state index contributed by atoms with van der Waals surface area (Å²) in [7, 11) is 0. The molecule has 0 amide bonds. The minimum atomic E-state index is 1.04. The Hall–Kier alpha value is 0.370. The predicted molar refractivity (Wildman–Crippen MR) is 42.9 cm³/mol. The van der Waals surface area contributed by atoms with Gasteiger partial charge in [0.25, 0.3) is 0 Å². The first kappa shape index (κ1) is 6.49. The Morgan fingerprint density at radius 1 is 1.75 bits per heavy atom. The summed E-state index contributed by atoms with van der Waals surface area (Å²) in [6.07, 6.45) is 3.34. The molecule has 0 aromatic heterocycles. The van der Waals surface area contributed by atoms with Gasteiger partial charge in [-0.1, -0.05) is 11.8 Å². The second kappa shape index (κ2) is 3.41. The van der Waals surface area contributed by atoms with Crippen molar-refractivity contribution in [2.45, 2.75) is 6.42 Å². The summed E-state index contributed by atoms with van der Waals surface area (Å²) in [4.78, 5) is 4.29. The predicted octanol–water partition coefficient (Wildman–Crippen LogP) is 1.84. The largest absolute Gasteiger partial charge is 0.272 e. The van der Waals surface area contributed by atoms with Gasteiger partial charge in [0, 0.05) is 12.3 Å². The summed E-state index contributed by atoms with van der Waals surface area (Å²) in [6, 6.07) is 0. The van der Waals surface area contributed by atoms with Crippen LogP contribution in [0.3, 0.4) is 0 Å². The second-order valence-electron chi connectivity index (χ2n) is 1.55. The van der Waals surface area contributed by atoms with E-state index in [2.05, 4.69) is 11.2 Å². The van der Waals surface area contributed by atoms with E-state index in [9.17, 15) is 0 Å². The maximum atomic E-state index is 4.29. The highest BCUT2D eigenvalue weighted by Crippen LogP contribution is 2.18. The number of aliphatic imine (C=N–C) groups is 1. The summed E-state index contributed by atoms with van der Waals surface area (Å²) in [6.45, 7) is 1.04. The van der Waals surface area contributed by atoms with Crippen LogP contribution < -0.4 is 0 Å². The fraction of sp³-hybridized carbons (Fsp3) is 0.800.